The van der Waals surface area contributed by atoms with Crippen LogP contribution in [0.2, 0.25) is 0 Å². The molecule has 110 valence electrons. The first-order chi connectivity index (χ1) is 10.0. The monoisotopic (exact) mass is 286 g/mol. The maximum absolute atomic E-state index is 12.9. The lowest BCUT2D eigenvalue weighted by atomic mass is 10.1. The van der Waals surface area contributed by atoms with E-state index in [2.05, 4.69) is 5.32 Å². The van der Waals surface area contributed by atoms with E-state index >= 15 is 0 Å². The van der Waals surface area contributed by atoms with Crippen LogP contribution < -0.4 is 11.1 Å². The van der Waals surface area contributed by atoms with Crippen LogP contribution in [0.3, 0.4) is 0 Å². The van der Waals surface area contributed by atoms with Gasteiger partial charge in [0.1, 0.15) is 5.82 Å². The van der Waals surface area contributed by atoms with Gasteiger partial charge in [0.05, 0.1) is 6.04 Å². The zero-order valence-corrected chi connectivity index (χ0v) is 12.0. The Balaban J connectivity index is 1.83. The zero-order chi connectivity index (χ0) is 15.2. The van der Waals surface area contributed by atoms with Crippen molar-refractivity contribution in [2.24, 2.45) is 0 Å². The third-order valence-electron chi connectivity index (χ3n) is 3.37. The number of amides is 1. The summed E-state index contributed by atoms with van der Waals surface area (Å²) >= 11 is 0. The van der Waals surface area contributed by atoms with Gasteiger partial charge in [-0.25, -0.2) is 4.39 Å². The van der Waals surface area contributed by atoms with Crippen molar-refractivity contribution in [2.75, 3.05) is 5.73 Å². The van der Waals surface area contributed by atoms with E-state index in [9.17, 15) is 9.18 Å². The first kappa shape index (κ1) is 15.0. The van der Waals surface area contributed by atoms with Crippen LogP contribution in [0.1, 0.15) is 30.5 Å². The van der Waals surface area contributed by atoms with Crippen molar-refractivity contribution in [3.8, 4) is 0 Å². The number of hydrogen-bond donors (Lipinski definition) is 2. The molecule has 1 amide bonds. The van der Waals surface area contributed by atoms with Gasteiger partial charge in [-0.3, -0.25) is 4.79 Å². The molecule has 0 fully saturated rings. The summed E-state index contributed by atoms with van der Waals surface area (Å²) < 4.78 is 12.9. The van der Waals surface area contributed by atoms with Crippen molar-refractivity contribution in [2.45, 2.75) is 25.8 Å². The predicted octanol–water partition coefficient (Wildman–Crippen LogP) is 3.22. The minimum absolute atomic E-state index is 0.0244. The topological polar surface area (TPSA) is 55.1 Å². The molecule has 2 rings (SSSR count). The van der Waals surface area contributed by atoms with Gasteiger partial charge in [-0.05, 0) is 48.7 Å². The fraction of sp³-hybridized carbons (Fsp3) is 0.235. The first-order valence-electron chi connectivity index (χ1n) is 6.94. The molecule has 0 radical (unpaired) electrons. The average Bonchev–Trinajstić information content (AvgIpc) is 2.47. The summed E-state index contributed by atoms with van der Waals surface area (Å²) in [7, 11) is 0. The highest BCUT2D eigenvalue weighted by atomic mass is 19.1. The van der Waals surface area contributed by atoms with Gasteiger partial charge in [0.15, 0.2) is 0 Å². The number of anilines is 1. The molecule has 1 unspecified atom stereocenters. The molecule has 0 saturated heterocycles. The number of rotatable bonds is 5. The molecule has 0 spiro atoms. The number of nitrogen functional groups attached to an aromatic ring is 1. The fourth-order valence-electron chi connectivity index (χ4n) is 2.09. The van der Waals surface area contributed by atoms with Crippen molar-refractivity contribution >= 4 is 11.6 Å². The van der Waals surface area contributed by atoms with E-state index < -0.39 is 0 Å². The van der Waals surface area contributed by atoms with Crippen LogP contribution in [0.4, 0.5) is 10.1 Å². The highest BCUT2D eigenvalue weighted by molar-refractivity contribution is 5.76. The summed E-state index contributed by atoms with van der Waals surface area (Å²) in [4.78, 5) is 11.9. The number of benzene rings is 2. The van der Waals surface area contributed by atoms with Crippen LogP contribution in [-0.4, -0.2) is 5.91 Å². The number of aryl methyl sites for hydroxylation is 1. The molecule has 0 bridgehead atoms. The maximum atomic E-state index is 12.9. The van der Waals surface area contributed by atoms with E-state index in [4.69, 9.17) is 5.73 Å². The van der Waals surface area contributed by atoms with Gasteiger partial charge < -0.3 is 11.1 Å². The summed E-state index contributed by atoms with van der Waals surface area (Å²) in [5.74, 6) is -0.302. The molecule has 0 aliphatic carbocycles. The molecule has 0 aromatic heterocycles. The SMILES string of the molecule is CC(NC(=O)CCc1ccc(N)cc1)c1ccc(F)cc1. The number of nitrogens with one attached hydrogen (secondary N) is 1. The van der Waals surface area contributed by atoms with Crippen molar-refractivity contribution in [1.82, 2.24) is 5.32 Å². The second kappa shape index (κ2) is 6.88. The standard InChI is InChI=1S/C17H19FN2O/c1-12(14-5-7-15(18)8-6-14)20-17(21)11-4-13-2-9-16(19)10-3-13/h2-3,5-10,12H,4,11,19H2,1H3,(H,20,21). The van der Waals surface area contributed by atoms with Crippen LogP contribution in [-0.2, 0) is 11.2 Å². The Labute approximate surface area is 124 Å². The second-order valence-corrected chi connectivity index (χ2v) is 5.08. The zero-order valence-electron chi connectivity index (χ0n) is 12.0. The Kier molecular flexibility index (Phi) is 4.93. The summed E-state index contributed by atoms with van der Waals surface area (Å²) in [6.07, 6.45) is 1.08. The minimum Gasteiger partial charge on any atom is -0.399 e. The highest BCUT2D eigenvalue weighted by Gasteiger charge is 2.09. The molecule has 0 aliphatic heterocycles. The van der Waals surface area contributed by atoms with Gasteiger partial charge in [-0.2, -0.15) is 0 Å². The van der Waals surface area contributed by atoms with Crippen LogP contribution in [0.25, 0.3) is 0 Å². The van der Waals surface area contributed by atoms with Gasteiger partial charge in [0, 0.05) is 12.1 Å². The number of nitrogens with two attached hydrogens (primary N) is 1. The molecule has 1 atom stereocenters. The van der Waals surface area contributed by atoms with E-state index in [1.54, 1.807) is 12.1 Å². The Morgan fingerprint density at radius 2 is 1.76 bits per heavy atom. The first-order valence-corrected chi connectivity index (χ1v) is 6.94. The number of carbonyl (C=O) groups excluding carboxylic acids is 1. The Morgan fingerprint density at radius 1 is 1.14 bits per heavy atom. The average molecular weight is 286 g/mol. The highest BCUT2D eigenvalue weighted by Crippen LogP contribution is 2.13. The lowest BCUT2D eigenvalue weighted by molar-refractivity contribution is -0.121. The normalized spacial score (nSPS) is 11.9. The van der Waals surface area contributed by atoms with E-state index in [0.717, 1.165) is 11.1 Å². The molecule has 3 nitrogen and oxygen atoms in total. The molecule has 2 aromatic rings. The van der Waals surface area contributed by atoms with Gasteiger partial charge in [0.2, 0.25) is 5.91 Å². The van der Waals surface area contributed by atoms with Crippen LogP contribution in [0, 0.1) is 5.82 Å². The van der Waals surface area contributed by atoms with E-state index in [1.807, 2.05) is 31.2 Å². The molecule has 3 N–H and O–H groups in total. The predicted molar refractivity (Wildman–Crippen MR) is 82.1 cm³/mol. The Morgan fingerprint density at radius 3 is 2.38 bits per heavy atom. The number of carbonyl (C=O) groups is 1. The van der Waals surface area contributed by atoms with Gasteiger partial charge in [-0.15, -0.1) is 0 Å². The molecular weight excluding hydrogens is 267 g/mol. The number of halogens is 1. The molecule has 21 heavy (non-hydrogen) atoms. The molecule has 0 heterocycles. The maximum Gasteiger partial charge on any atom is 0.220 e. The summed E-state index contributed by atoms with van der Waals surface area (Å²) in [5.41, 5.74) is 8.30. The smallest absolute Gasteiger partial charge is 0.220 e. The van der Waals surface area contributed by atoms with Crippen molar-refractivity contribution in [3.05, 3.63) is 65.5 Å². The summed E-state index contributed by atoms with van der Waals surface area (Å²) in [5, 5.41) is 2.91. The van der Waals surface area contributed by atoms with E-state index in [1.165, 1.54) is 12.1 Å². The van der Waals surface area contributed by atoms with Gasteiger partial charge in [0.25, 0.3) is 0 Å². The third kappa shape index (κ3) is 4.60. The summed E-state index contributed by atoms with van der Waals surface area (Å²) in [6, 6.07) is 13.5. The summed E-state index contributed by atoms with van der Waals surface area (Å²) in [6.45, 7) is 1.88. The Bertz CT molecular complexity index is 593. The largest absolute Gasteiger partial charge is 0.399 e. The molecular formula is C17H19FN2O. The van der Waals surface area contributed by atoms with Crippen LogP contribution in [0.5, 0.6) is 0 Å². The number of hydrogen-bond acceptors (Lipinski definition) is 2. The molecule has 2 aromatic carbocycles. The van der Waals surface area contributed by atoms with Crippen LogP contribution in [0.15, 0.2) is 48.5 Å². The molecule has 0 aliphatic rings. The lowest BCUT2D eigenvalue weighted by Gasteiger charge is -2.14. The Hall–Kier alpha value is -2.36. The van der Waals surface area contributed by atoms with Crippen molar-refractivity contribution in [3.63, 3.8) is 0 Å². The minimum atomic E-state index is -0.277. The van der Waals surface area contributed by atoms with Gasteiger partial charge in [-0.1, -0.05) is 24.3 Å². The van der Waals surface area contributed by atoms with E-state index in [-0.39, 0.29) is 17.8 Å². The fourth-order valence-corrected chi connectivity index (χ4v) is 2.09. The van der Waals surface area contributed by atoms with Crippen LogP contribution >= 0.6 is 0 Å². The van der Waals surface area contributed by atoms with Crippen molar-refractivity contribution < 1.29 is 9.18 Å². The second-order valence-electron chi connectivity index (χ2n) is 5.08. The quantitative estimate of drug-likeness (QED) is 0.829. The molecule has 0 saturated carbocycles. The van der Waals surface area contributed by atoms with Gasteiger partial charge >= 0.3 is 0 Å². The van der Waals surface area contributed by atoms with E-state index in [0.29, 0.717) is 18.5 Å². The van der Waals surface area contributed by atoms with Crippen molar-refractivity contribution in [1.29, 1.82) is 0 Å². The third-order valence-corrected chi connectivity index (χ3v) is 3.37. The lowest BCUT2D eigenvalue weighted by Crippen LogP contribution is -2.26. The molecule has 4 heteroatoms.